The number of methoxy groups -OCH3 is 1. The predicted octanol–water partition coefficient (Wildman–Crippen LogP) is 4.20. The molecule has 120 valence electrons. The average Bonchev–Trinajstić information content (AvgIpc) is 2.63. The molecule has 0 saturated heterocycles. The highest BCUT2D eigenvalue weighted by Gasteiger charge is 2.13. The van der Waals surface area contributed by atoms with Gasteiger partial charge < -0.3 is 15.8 Å². The topological polar surface area (TPSA) is 64.3 Å². The maximum Gasteiger partial charge on any atom is 0.256 e. The Morgan fingerprint density at radius 1 is 0.958 bits per heavy atom. The minimum atomic E-state index is -0.202. The van der Waals surface area contributed by atoms with E-state index in [-0.39, 0.29) is 5.91 Å². The smallest absolute Gasteiger partial charge is 0.256 e. The van der Waals surface area contributed by atoms with E-state index in [1.54, 1.807) is 25.3 Å². The van der Waals surface area contributed by atoms with Crippen molar-refractivity contribution in [2.45, 2.75) is 0 Å². The molecule has 0 unspecified atom stereocenters. The number of amides is 1. The Morgan fingerprint density at radius 3 is 2.50 bits per heavy atom. The van der Waals surface area contributed by atoms with Crippen LogP contribution in [0.5, 0.6) is 5.75 Å². The Kier molecular flexibility index (Phi) is 4.47. The van der Waals surface area contributed by atoms with Crippen LogP contribution in [0.15, 0.2) is 72.8 Å². The molecule has 0 radical (unpaired) electrons. The average molecular weight is 318 g/mol. The summed E-state index contributed by atoms with van der Waals surface area (Å²) in [5.74, 6) is 0.543. The summed E-state index contributed by atoms with van der Waals surface area (Å²) in [5.41, 5.74) is 9.37. The molecule has 3 aromatic rings. The quantitative estimate of drug-likeness (QED) is 0.709. The van der Waals surface area contributed by atoms with Gasteiger partial charge in [-0.1, -0.05) is 42.5 Å². The lowest BCUT2D eigenvalue weighted by molar-refractivity contribution is 0.102. The standard InChI is InChI=1S/C20H18N2O2/c1-24-15-8-6-7-14(13-15)16-9-2-3-10-17(16)20(23)22-19-12-5-4-11-18(19)21/h2-13H,21H2,1H3,(H,22,23). The number of carbonyl (C=O) groups is 1. The van der Waals surface area contributed by atoms with E-state index >= 15 is 0 Å². The Morgan fingerprint density at radius 2 is 1.71 bits per heavy atom. The molecule has 3 N–H and O–H groups in total. The molecule has 24 heavy (non-hydrogen) atoms. The Balaban J connectivity index is 1.97. The third kappa shape index (κ3) is 3.22. The van der Waals surface area contributed by atoms with Gasteiger partial charge in [-0.3, -0.25) is 4.79 Å². The first-order valence-corrected chi connectivity index (χ1v) is 7.58. The second-order valence-corrected chi connectivity index (χ2v) is 5.32. The van der Waals surface area contributed by atoms with Crippen LogP contribution in [0.2, 0.25) is 0 Å². The van der Waals surface area contributed by atoms with Crippen molar-refractivity contribution in [1.82, 2.24) is 0 Å². The molecule has 0 aliphatic rings. The largest absolute Gasteiger partial charge is 0.497 e. The number of para-hydroxylation sites is 2. The number of nitrogens with two attached hydrogens (primary N) is 1. The zero-order valence-electron chi connectivity index (χ0n) is 13.3. The zero-order chi connectivity index (χ0) is 16.9. The number of carbonyl (C=O) groups excluding carboxylic acids is 1. The van der Waals surface area contributed by atoms with Gasteiger partial charge in [-0.05, 0) is 41.5 Å². The first-order valence-electron chi connectivity index (χ1n) is 7.58. The van der Waals surface area contributed by atoms with Crippen LogP contribution >= 0.6 is 0 Å². The number of hydrogen-bond acceptors (Lipinski definition) is 3. The molecule has 3 rings (SSSR count). The number of hydrogen-bond donors (Lipinski definition) is 2. The molecular weight excluding hydrogens is 300 g/mol. The number of anilines is 2. The Bertz CT molecular complexity index is 875. The van der Waals surface area contributed by atoms with E-state index in [0.29, 0.717) is 16.9 Å². The summed E-state index contributed by atoms with van der Waals surface area (Å²) in [6, 6.07) is 22.3. The minimum Gasteiger partial charge on any atom is -0.497 e. The fourth-order valence-corrected chi connectivity index (χ4v) is 2.52. The van der Waals surface area contributed by atoms with Gasteiger partial charge in [0.25, 0.3) is 5.91 Å². The summed E-state index contributed by atoms with van der Waals surface area (Å²) >= 11 is 0. The highest BCUT2D eigenvalue weighted by Crippen LogP contribution is 2.28. The van der Waals surface area contributed by atoms with Crippen LogP contribution in [0.3, 0.4) is 0 Å². The summed E-state index contributed by atoms with van der Waals surface area (Å²) in [6.45, 7) is 0. The van der Waals surface area contributed by atoms with Gasteiger partial charge in [-0.2, -0.15) is 0 Å². The molecule has 0 atom stereocenters. The van der Waals surface area contributed by atoms with Crippen molar-refractivity contribution in [3.05, 3.63) is 78.4 Å². The molecule has 0 fully saturated rings. The van der Waals surface area contributed by atoms with Gasteiger partial charge in [-0.25, -0.2) is 0 Å². The van der Waals surface area contributed by atoms with E-state index in [9.17, 15) is 4.79 Å². The van der Waals surface area contributed by atoms with Gasteiger partial charge in [0, 0.05) is 5.56 Å². The second-order valence-electron chi connectivity index (χ2n) is 5.32. The summed E-state index contributed by atoms with van der Waals surface area (Å²) in [7, 11) is 1.62. The molecule has 0 aromatic heterocycles. The number of benzene rings is 3. The molecule has 3 aromatic carbocycles. The van der Waals surface area contributed by atoms with Gasteiger partial charge in [-0.15, -0.1) is 0 Å². The first kappa shape index (κ1) is 15.6. The van der Waals surface area contributed by atoms with Crippen LogP contribution in [0.4, 0.5) is 11.4 Å². The number of nitrogens with one attached hydrogen (secondary N) is 1. The van der Waals surface area contributed by atoms with Crippen molar-refractivity contribution in [3.63, 3.8) is 0 Å². The minimum absolute atomic E-state index is 0.202. The van der Waals surface area contributed by atoms with Gasteiger partial charge in [0.15, 0.2) is 0 Å². The van der Waals surface area contributed by atoms with Crippen LogP contribution < -0.4 is 15.8 Å². The third-order valence-corrected chi connectivity index (χ3v) is 3.76. The van der Waals surface area contributed by atoms with E-state index in [1.165, 1.54) is 0 Å². The highest BCUT2D eigenvalue weighted by molar-refractivity contribution is 6.09. The van der Waals surface area contributed by atoms with Gasteiger partial charge >= 0.3 is 0 Å². The SMILES string of the molecule is COc1cccc(-c2ccccc2C(=O)Nc2ccccc2N)c1. The van der Waals surface area contributed by atoms with Crippen LogP contribution in [0, 0.1) is 0 Å². The highest BCUT2D eigenvalue weighted by atomic mass is 16.5. The molecule has 0 spiro atoms. The molecule has 0 aliphatic heterocycles. The molecule has 0 heterocycles. The molecule has 4 nitrogen and oxygen atoms in total. The third-order valence-electron chi connectivity index (χ3n) is 3.76. The lowest BCUT2D eigenvalue weighted by Gasteiger charge is -2.12. The molecule has 0 bridgehead atoms. The van der Waals surface area contributed by atoms with Crippen LogP contribution in [0.25, 0.3) is 11.1 Å². The van der Waals surface area contributed by atoms with Gasteiger partial charge in [0.2, 0.25) is 0 Å². The van der Waals surface area contributed by atoms with E-state index in [1.807, 2.05) is 54.6 Å². The summed E-state index contributed by atoms with van der Waals surface area (Å²) < 4.78 is 5.27. The molecular formula is C20H18N2O2. The van der Waals surface area contributed by atoms with Crippen molar-refractivity contribution in [2.75, 3.05) is 18.2 Å². The maximum absolute atomic E-state index is 12.7. The number of rotatable bonds is 4. The molecule has 4 heteroatoms. The Hall–Kier alpha value is -3.27. The monoisotopic (exact) mass is 318 g/mol. The zero-order valence-corrected chi connectivity index (χ0v) is 13.3. The van der Waals surface area contributed by atoms with Crippen molar-refractivity contribution >= 4 is 17.3 Å². The van der Waals surface area contributed by atoms with E-state index in [2.05, 4.69) is 5.32 Å². The van der Waals surface area contributed by atoms with Crippen LogP contribution in [-0.2, 0) is 0 Å². The normalized spacial score (nSPS) is 10.2. The van der Waals surface area contributed by atoms with E-state index in [4.69, 9.17) is 10.5 Å². The molecule has 0 aliphatic carbocycles. The van der Waals surface area contributed by atoms with E-state index in [0.717, 1.165) is 16.9 Å². The lowest BCUT2D eigenvalue weighted by atomic mass is 9.99. The van der Waals surface area contributed by atoms with Crippen molar-refractivity contribution in [1.29, 1.82) is 0 Å². The first-order chi connectivity index (χ1) is 11.7. The Labute approximate surface area is 140 Å². The van der Waals surface area contributed by atoms with Crippen LogP contribution in [0.1, 0.15) is 10.4 Å². The fourth-order valence-electron chi connectivity index (χ4n) is 2.52. The number of ether oxygens (including phenoxy) is 1. The summed E-state index contributed by atoms with van der Waals surface area (Å²) in [4.78, 5) is 12.7. The van der Waals surface area contributed by atoms with Gasteiger partial charge in [0.1, 0.15) is 5.75 Å². The van der Waals surface area contributed by atoms with Crippen molar-refractivity contribution in [3.8, 4) is 16.9 Å². The molecule has 0 saturated carbocycles. The fraction of sp³-hybridized carbons (Fsp3) is 0.0500. The van der Waals surface area contributed by atoms with Crippen molar-refractivity contribution < 1.29 is 9.53 Å². The summed E-state index contributed by atoms with van der Waals surface area (Å²) in [5, 5.41) is 2.87. The maximum atomic E-state index is 12.7. The second kappa shape index (κ2) is 6.87. The van der Waals surface area contributed by atoms with Crippen LogP contribution in [-0.4, -0.2) is 13.0 Å². The van der Waals surface area contributed by atoms with Crippen molar-refractivity contribution in [2.24, 2.45) is 0 Å². The lowest BCUT2D eigenvalue weighted by Crippen LogP contribution is -2.14. The summed E-state index contributed by atoms with van der Waals surface area (Å²) in [6.07, 6.45) is 0. The molecule has 1 amide bonds. The van der Waals surface area contributed by atoms with E-state index < -0.39 is 0 Å². The predicted molar refractivity (Wildman–Crippen MR) is 97.2 cm³/mol. The number of nitrogen functional groups attached to an aromatic ring is 1. The van der Waals surface area contributed by atoms with Gasteiger partial charge in [0.05, 0.1) is 18.5 Å².